The number of ketones is 2. The van der Waals surface area contributed by atoms with Crippen LogP contribution in [0.25, 0.3) is 0 Å². The molecule has 1 amide bonds. The summed E-state index contributed by atoms with van der Waals surface area (Å²) in [5.41, 5.74) is 3.93. The topological polar surface area (TPSA) is 63.2 Å². The van der Waals surface area contributed by atoms with Crippen LogP contribution in [-0.2, 0) is 20.9 Å². The third kappa shape index (κ3) is 4.65. The van der Waals surface area contributed by atoms with Gasteiger partial charge in [-0.25, -0.2) is 4.39 Å². The average molecular weight is 405 g/mol. The van der Waals surface area contributed by atoms with Crippen molar-refractivity contribution in [3.8, 4) is 11.8 Å². The zero-order valence-corrected chi connectivity index (χ0v) is 17.3. The summed E-state index contributed by atoms with van der Waals surface area (Å²) in [5.74, 6) is 3.34. The molecular weight excluding hydrogens is 381 g/mol. The third-order valence-corrected chi connectivity index (χ3v) is 5.42. The number of nitrogens with one attached hydrogen (secondary N) is 1. The zero-order valence-electron chi connectivity index (χ0n) is 17.3. The molecule has 2 aromatic carbocycles. The molecule has 3 rings (SSSR count). The van der Waals surface area contributed by atoms with Crippen LogP contribution in [-0.4, -0.2) is 17.5 Å². The van der Waals surface area contributed by atoms with Gasteiger partial charge in [0.15, 0.2) is 5.78 Å². The second-order valence-electron chi connectivity index (χ2n) is 7.71. The molecule has 2 aromatic rings. The maximum atomic E-state index is 13.2. The minimum Gasteiger partial charge on any atom is -0.352 e. The van der Waals surface area contributed by atoms with E-state index >= 15 is 0 Å². The van der Waals surface area contributed by atoms with E-state index in [0.717, 1.165) is 22.3 Å². The highest BCUT2D eigenvalue weighted by atomic mass is 19.1. The first-order valence-electron chi connectivity index (χ1n) is 9.91. The first kappa shape index (κ1) is 21.4. The van der Waals surface area contributed by atoms with Gasteiger partial charge >= 0.3 is 0 Å². The van der Waals surface area contributed by atoms with E-state index < -0.39 is 11.8 Å². The first-order chi connectivity index (χ1) is 14.3. The predicted molar refractivity (Wildman–Crippen MR) is 112 cm³/mol. The number of hydrogen-bond acceptors (Lipinski definition) is 3. The van der Waals surface area contributed by atoms with Gasteiger partial charge in [-0.2, -0.15) is 0 Å². The van der Waals surface area contributed by atoms with E-state index in [1.807, 2.05) is 26.0 Å². The van der Waals surface area contributed by atoms with Crippen LogP contribution in [0.5, 0.6) is 0 Å². The summed E-state index contributed by atoms with van der Waals surface area (Å²) < 4.78 is 13.2. The number of aryl methyl sites for hydroxylation is 2. The number of hydrogen-bond donors (Lipinski definition) is 1. The standard InChI is InChI=1S/C25H24FNO3/c1-4-6-17-9-15(2)23(16(3)10-17)24-21(28)12-19(25(24)30)13-22(29)27-14-18-7-5-8-20(26)11-18/h5,7-11,19,24H,12-14H2,1-3H3,(H,27,29). The van der Waals surface area contributed by atoms with Gasteiger partial charge in [-0.3, -0.25) is 14.4 Å². The van der Waals surface area contributed by atoms with Crippen molar-refractivity contribution in [1.29, 1.82) is 0 Å². The number of rotatable bonds is 5. The number of benzene rings is 2. The largest absolute Gasteiger partial charge is 0.352 e. The fourth-order valence-corrected chi connectivity index (χ4v) is 4.12. The number of Topliss-reactive ketones (excluding diaryl/α,β-unsaturated/α-hetero) is 2. The molecule has 1 saturated carbocycles. The van der Waals surface area contributed by atoms with Crippen LogP contribution in [0.3, 0.4) is 0 Å². The van der Waals surface area contributed by atoms with Crippen LogP contribution in [0.1, 0.15) is 53.5 Å². The van der Waals surface area contributed by atoms with Crippen molar-refractivity contribution in [1.82, 2.24) is 5.32 Å². The van der Waals surface area contributed by atoms with Crippen molar-refractivity contribution in [3.05, 3.63) is 70.0 Å². The van der Waals surface area contributed by atoms with Gasteiger partial charge in [0, 0.05) is 30.9 Å². The molecule has 0 heterocycles. The van der Waals surface area contributed by atoms with E-state index in [1.54, 1.807) is 19.1 Å². The highest BCUT2D eigenvalue weighted by Crippen LogP contribution is 2.37. The predicted octanol–water partition coefficient (Wildman–Crippen LogP) is 3.76. The Morgan fingerprint density at radius 2 is 1.87 bits per heavy atom. The lowest BCUT2D eigenvalue weighted by Crippen LogP contribution is -2.27. The van der Waals surface area contributed by atoms with Crippen molar-refractivity contribution in [3.63, 3.8) is 0 Å². The summed E-state index contributed by atoms with van der Waals surface area (Å²) in [6.45, 7) is 5.69. The summed E-state index contributed by atoms with van der Waals surface area (Å²) in [6.07, 6.45) is 0.0140. The minimum absolute atomic E-state index is 0.0477. The molecule has 1 N–H and O–H groups in total. The van der Waals surface area contributed by atoms with E-state index in [-0.39, 0.29) is 42.7 Å². The number of halogens is 1. The average Bonchev–Trinajstić information content (AvgIpc) is 2.94. The van der Waals surface area contributed by atoms with E-state index in [4.69, 9.17) is 0 Å². The quantitative estimate of drug-likeness (QED) is 0.609. The molecule has 0 aromatic heterocycles. The maximum absolute atomic E-state index is 13.2. The lowest BCUT2D eigenvalue weighted by molar-refractivity contribution is -0.128. The first-order valence-corrected chi connectivity index (χ1v) is 9.91. The Balaban J connectivity index is 1.70. The fraction of sp³-hybridized carbons (Fsp3) is 0.320. The summed E-state index contributed by atoms with van der Waals surface area (Å²) in [5, 5.41) is 2.70. The van der Waals surface area contributed by atoms with Gasteiger partial charge in [0.05, 0.1) is 0 Å². The van der Waals surface area contributed by atoms with Crippen LogP contribution in [0.4, 0.5) is 4.39 Å². The molecule has 2 atom stereocenters. The molecule has 0 saturated heterocycles. The molecule has 1 fully saturated rings. The molecule has 154 valence electrons. The van der Waals surface area contributed by atoms with E-state index in [0.29, 0.717) is 5.56 Å². The van der Waals surface area contributed by atoms with Gasteiger partial charge in [-0.1, -0.05) is 18.1 Å². The Morgan fingerprint density at radius 1 is 1.17 bits per heavy atom. The van der Waals surface area contributed by atoms with Gasteiger partial charge in [-0.15, -0.1) is 5.92 Å². The normalized spacial score (nSPS) is 18.1. The lowest BCUT2D eigenvalue weighted by atomic mass is 9.86. The highest BCUT2D eigenvalue weighted by molar-refractivity contribution is 6.15. The Bertz CT molecular complexity index is 1050. The van der Waals surface area contributed by atoms with Gasteiger partial charge in [0.25, 0.3) is 0 Å². The third-order valence-electron chi connectivity index (χ3n) is 5.42. The molecule has 0 radical (unpaired) electrons. The molecular formula is C25H24FNO3. The molecule has 4 nitrogen and oxygen atoms in total. The fourth-order valence-electron chi connectivity index (χ4n) is 4.12. The van der Waals surface area contributed by atoms with E-state index in [1.165, 1.54) is 12.1 Å². The van der Waals surface area contributed by atoms with E-state index in [9.17, 15) is 18.8 Å². The Morgan fingerprint density at radius 3 is 2.50 bits per heavy atom. The molecule has 0 bridgehead atoms. The van der Waals surface area contributed by atoms with Crippen molar-refractivity contribution in [2.75, 3.05) is 0 Å². The number of carbonyl (C=O) groups excluding carboxylic acids is 3. The van der Waals surface area contributed by atoms with Crippen molar-refractivity contribution < 1.29 is 18.8 Å². The second-order valence-corrected chi connectivity index (χ2v) is 7.71. The van der Waals surface area contributed by atoms with Gasteiger partial charge in [0.1, 0.15) is 17.5 Å². The maximum Gasteiger partial charge on any atom is 0.221 e. The van der Waals surface area contributed by atoms with Crippen LogP contribution < -0.4 is 5.32 Å². The van der Waals surface area contributed by atoms with Gasteiger partial charge in [-0.05, 0) is 67.3 Å². The highest BCUT2D eigenvalue weighted by Gasteiger charge is 2.43. The number of carbonyl (C=O) groups is 3. The minimum atomic E-state index is -0.824. The van der Waals surface area contributed by atoms with Crippen molar-refractivity contribution >= 4 is 17.5 Å². The summed E-state index contributed by atoms with van der Waals surface area (Å²) in [6, 6.07) is 9.74. The molecule has 1 aliphatic carbocycles. The Hall–Kier alpha value is -3.26. The van der Waals surface area contributed by atoms with Gasteiger partial charge < -0.3 is 5.32 Å². The van der Waals surface area contributed by atoms with E-state index in [2.05, 4.69) is 17.2 Å². The van der Waals surface area contributed by atoms with Crippen LogP contribution in [0.2, 0.25) is 0 Å². The van der Waals surface area contributed by atoms with Crippen LogP contribution in [0, 0.1) is 37.4 Å². The molecule has 1 aliphatic rings. The second kappa shape index (κ2) is 9.04. The smallest absolute Gasteiger partial charge is 0.221 e. The monoisotopic (exact) mass is 405 g/mol. The van der Waals surface area contributed by atoms with Gasteiger partial charge in [0.2, 0.25) is 5.91 Å². The summed E-state index contributed by atoms with van der Waals surface area (Å²) in [7, 11) is 0. The molecule has 2 unspecified atom stereocenters. The van der Waals surface area contributed by atoms with Crippen LogP contribution in [0.15, 0.2) is 36.4 Å². The van der Waals surface area contributed by atoms with Crippen molar-refractivity contribution in [2.24, 2.45) is 5.92 Å². The molecule has 30 heavy (non-hydrogen) atoms. The SMILES string of the molecule is CC#Cc1cc(C)c(C2C(=O)CC(CC(=O)NCc3cccc(F)c3)C2=O)c(C)c1. The Labute approximate surface area is 175 Å². The molecule has 5 heteroatoms. The number of amides is 1. The molecule has 0 aliphatic heterocycles. The molecule has 0 spiro atoms. The lowest BCUT2D eigenvalue weighted by Gasteiger charge is -2.16. The van der Waals surface area contributed by atoms with Crippen LogP contribution >= 0.6 is 0 Å². The summed E-state index contributed by atoms with van der Waals surface area (Å²) in [4.78, 5) is 38.0. The van der Waals surface area contributed by atoms with Crippen molar-refractivity contribution in [2.45, 2.75) is 46.1 Å². The Kier molecular flexibility index (Phi) is 6.47. The summed E-state index contributed by atoms with van der Waals surface area (Å²) >= 11 is 0. The zero-order chi connectivity index (χ0) is 21.8.